The predicted octanol–water partition coefficient (Wildman–Crippen LogP) is 4.63. The smallest absolute Gasteiger partial charge is 0.194 e. The van der Waals surface area contributed by atoms with Gasteiger partial charge in [0.15, 0.2) is 22.9 Å². The van der Waals surface area contributed by atoms with Gasteiger partial charge >= 0.3 is 0 Å². The summed E-state index contributed by atoms with van der Waals surface area (Å²) in [6, 6.07) is 11.5. The maximum absolute atomic E-state index is 11.7. The predicted molar refractivity (Wildman–Crippen MR) is 89.5 cm³/mol. The summed E-state index contributed by atoms with van der Waals surface area (Å²) in [4.78, 5) is 11.7. The van der Waals surface area contributed by atoms with E-state index >= 15 is 0 Å². The van der Waals surface area contributed by atoms with Crippen LogP contribution in [-0.2, 0) is 0 Å². The van der Waals surface area contributed by atoms with Crippen LogP contribution in [0.5, 0.6) is 11.5 Å². The fraction of sp³-hybridized carbons (Fsp3) is 0.211. The Hall–Kier alpha value is -2.75. The summed E-state index contributed by atoms with van der Waals surface area (Å²) in [6.45, 7) is 3.52. The number of fused-ring (bicyclic) bond motifs is 1. The van der Waals surface area contributed by atoms with Crippen LogP contribution in [-0.4, -0.2) is 20.0 Å². The van der Waals surface area contributed by atoms with Crippen molar-refractivity contribution in [2.45, 2.75) is 13.8 Å². The van der Waals surface area contributed by atoms with Gasteiger partial charge < -0.3 is 13.9 Å². The number of ketones is 1. The molecule has 0 N–H and O–H groups in total. The van der Waals surface area contributed by atoms with Gasteiger partial charge in [0.1, 0.15) is 5.75 Å². The maximum atomic E-state index is 11.7. The molecule has 0 bridgehead atoms. The van der Waals surface area contributed by atoms with E-state index < -0.39 is 0 Å². The zero-order valence-corrected chi connectivity index (χ0v) is 13.6. The quantitative estimate of drug-likeness (QED) is 0.659. The van der Waals surface area contributed by atoms with E-state index in [-0.39, 0.29) is 5.78 Å². The van der Waals surface area contributed by atoms with E-state index in [0.717, 1.165) is 27.8 Å². The summed E-state index contributed by atoms with van der Waals surface area (Å²) in [5.41, 5.74) is 3.73. The lowest BCUT2D eigenvalue weighted by Crippen LogP contribution is -1.89. The van der Waals surface area contributed by atoms with E-state index in [9.17, 15) is 4.79 Å². The molecule has 0 atom stereocenters. The van der Waals surface area contributed by atoms with E-state index in [1.165, 1.54) is 6.92 Å². The molecule has 4 heteroatoms. The third-order valence-corrected chi connectivity index (χ3v) is 3.94. The summed E-state index contributed by atoms with van der Waals surface area (Å²) < 4.78 is 16.3. The summed E-state index contributed by atoms with van der Waals surface area (Å²) in [7, 11) is 3.23. The number of methoxy groups -OCH3 is 2. The summed E-state index contributed by atoms with van der Waals surface area (Å²) >= 11 is 0. The summed E-state index contributed by atoms with van der Waals surface area (Å²) in [5.74, 6) is 1.65. The number of rotatable bonds is 4. The molecule has 0 unspecified atom stereocenters. The highest BCUT2D eigenvalue weighted by molar-refractivity contribution is 6.03. The van der Waals surface area contributed by atoms with E-state index in [0.29, 0.717) is 17.1 Å². The molecular weight excluding hydrogens is 292 g/mol. The average Bonchev–Trinajstić information content (AvgIpc) is 2.99. The van der Waals surface area contributed by atoms with Gasteiger partial charge in [-0.25, -0.2) is 0 Å². The van der Waals surface area contributed by atoms with Gasteiger partial charge in [0.2, 0.25) is 0 Å². The van der Waals surface area contributed by atoms with Crippen molar-refractivity contribution in [2.24, 2.45) is 0 Å². The maximum Gasteiger partial charge on any atom is 0.194 e. The van der Waals surface area contributed by atoms with E-state index in [1.807, 2.05) is 37.3 Å². The van der Waals surface area contributed by atoms with Crippen molar-refractivity contribution in [3.63, 3.8) is 0 Å². The normalized spacial score (nSPS) is 10.8. The molecule has 2 aromatic carbocycles. The Morgan fingerprint density at radius 1 is 1.00 bits per heavy atom. The molecular formula is C19H18O4. The molecule has 23 heavy (non-hydrogen) atoms. The Kier molecular flexibility index (Phi) is 3.82. The highest BCUT2D eigenvalue weighted by Crippen LogP contribution is 2.38. The first-order chi connectivity index (χ1) is 11.0. The third-order valence-electron chi connectivity index (χ3n) is 3.94. The van der Waals surface area contributed by atoms with E-state index in [1.54, 1.807) is 20.3 Å². The molecule has 0 aliphatic heterocycles. The molecule has 0 saturated heterocycles. The number of hydrogen-bond acceptors (Lipinski definition) is 4. The lowest BCUT2D eigenvalue weighted by atomic mass is 9.97. The van der Waals surface area contributed by atoms with Gasteiger partial charge in [-0.1, -0.05) is 6.07 Å². The van der Waals surface area contributed by atoms with Crippen molar-refractivity contribution in [2.75, 3.05) is 14.2 Å². The zero-order chi connectivity index (χ0) is 16.6. The van der Waals surface area contributed by atoms with Crippen LogP contribution in [0.4, 0.5) is 0 Å². The number of aryl methyl sites for hydroxylation is 1. The van der Waals surface area contributed by atoms with Crippen molar-refractivity contribution in [1.29, 1.82) is 0 Å². The molecule has 118 valence electrons. The highest BCUT2D eigenvalue weighted by atomic mass is 16.5. The number of furan rings is 1. The molecule has 0 fully saturated rings. The fourth-order valence-corrected chi connectivity index (χ4v) is 2.73. The van der Waals surface area contributed by atoms with Gasteiger partial charge in [-0.3, -0.25) is 4.79 Å². The minimum absolute atomic E-state index is 0.111. The second kappa shape index (κ2) is 5.80. The van der Waals surface area contributed by atoms with E-state index in [4.69, 9.17) is 13.9 Å². The Morgan fingerprint density at radius 3 is 2.35 bits per heavy atom. The van der Waals surface area contributed by atoms with Crippen LogP contribution < -0.4 is 9.47 Å². The van der Waals surface area contributed by atoms with Crippen LogP contribution in [0, 0.1) is 6.92 Å². The summed E-state index contributed by atoms with van der Waals surface area (Å²) in [5, 5.41) is 0.864. The molecule has 1 aromatic heterocycles. The van der Waals surface area contributed by atoms with Crippen LogP contribution in [0.1, 0.15) is 23.0 Å². The number of carbonyl (C=O) groups excluding carboxylic acids is 1. The van der Waals surface area contributed by atoms with Crippen LogP contribution in [0.15, 0.2) is 40.8 Å². The molecule has 1 heterocycles. The number of benzene rings is 2. The van der Waals surface area contributed by atoms with Gasteiger partial charge in [-0.2, -0.15) is 0 Å². The first-order valence-corrected chi connectivity index (χ1v) is 7.31. The van der Waals surface area contributed by atoms with Crippen molar-refractivity contribution in [3.05, 3.63) is 47.7 Å². The van der Waals surface area contributed by atoms with Crippen LogP contribution in [0.3, 0.4) is 0 Å². The topological polar surface area (TPSA) is 48.7 Å². The second-order valence-corrected chi connectivity index (χ2v) is 5.41. The molecule has 0 amide bonds. The zero-order valence-electron chi connectivity index (χ0n) is 13.6. The van der Waals surface area contributed by atoms with Gasteiger partial charge in [-0.15, -0.1) is 0 Å². The second-order valence-electron chi connectivity index (χ2n) is 5.41. The minimum atomic E-state index is -0.111. The van der Waals surface area contributed by atoms with Crippen molar-refractivity contribution < 1.29 is 18.7 Å². The molecule has 3 aromatic rings. The van der Waals surface area contributed by atoms with Crippen molar-refractivity contribution >= 4 is 16.8 Å². The monoisotopic (exact) mass is 310 g/mol. The fourth-order valence-electron chi connectivity index (χ4n) is 2.73. The Labute approximate surface area is 134 Å². The van der Waals surface area contributed by atoms with Gasteiger partial charge in [0.05, 0.1) is 14.2 Å². The Bertz CT molecular complexity index is 890. The average molecular weight is 310 g/mol. The minimum Gasteiger partial charge on any atom is -0.497 e. The van der Waals surface area contributed by atoms with Crippen LogP contribution in [0.25, 0.3) is 22.1 Å². The first-order valence-electron chi connectivity index (χ1n) is 7.31. The first kappa shape index (κ1) is 15.2. The number of ether oxygens (including phenoxy) is 2. The molecule has 4 nitrogen and oxygen atoms in total. The van der Waals surface area contributed by atoms with Gasteiger partial charge in [0.25, 0.3) is 0 Å². The lowest BCUT2D eigenvalue weighted by molar-refractivity contribution is 0.0989. The molecule has 0 aliphatic carbocycles. The lowest BCUT2D eigenvalue weighted by Gasteiger charge is -2.10. The van der Waals surface area contributed by atoms with Crippen LogP contribution >= 0.6 is 0 Å². The van der Waals surface area contributed by atoms with Crippen LogP contribution in [0.2, 0.25) is 0 Å². The summed E-state index contributed by atoms with van der Waals surface area (Å²) in [6.07, 6.45) is 0. The Morgan fingerprint density at radius 2 is 1.74 bits per heavy atom. The van der Waals surface area contributed by atoms with Gasteiger partial charge in [-0.05, 0) is 53.9 Å². The molecule has 0 spiro atoms. The third kappa shape index (κ3) is 2.57. The molecule has 0 aliphatic rings. The number of carbonyl (C=O) groups is 1. The number of Topliss-reactive ketones (excluding diaryl/α,β-unsaturated/α-hetero) is 1. The van der Waals surface area contributed by atoms with Crippen molar-refractivity contribution in [3.8, 4) is 22.6 Å². The van der Waals surface area contributed by atoms with E-state index in [2.05, 4.69) is 0 Å². The molecule has 0 saturated carbocycles. The molecule has 3 rings (SSSR count). The molecule has 0 radical (unpaired) electrons. The number of hydrogen-bond donors (Lipinski definition) is 0. The Balaban J connectivity index is 2.27. The van der Waals surface area contributed by atoms with Gasteiger partial charge in [0, 0.05) is 12.3 Å². The van der Waals surface area contributed by atoms with Crippen molar-refractivity contribution in [1.82, 2.24) is 0 Å². The highest BCUT2D eigenvalue weighted by Gasteiger charge is 2.17. The standard InChI is InChI=1S/C19H18O4/c1-11-9-13(21-3)5-6-14(11)15-7-8-17(22-4)19-16(15)10-18(23-19)12(2)20/h5-10H,1-4H3. The largest absolute Gasteiger partial charge is 0.497 e. The SMILES string of the molecule is COc1ccc(-c2ccc(OC)c3oc(C(C)=O)cc23)c(C)c1.